The highest BCUT2D eigenvalue weighted by atomic mass is 35.5. The molecule has 0 bridgehead atoms. The molecule has 8 heteroatoms. The van der Waals surface area contributed by atoms with Crippen molar-refractivity contribution in [2.45, 2.75) is 45.8 Å². The lowest BCUT2D eigenvalue weighted by atomic mass is 10.1. The van der Waals surface area contributed by atoms with Gasteiger partial charge in [0.05, 0.1) is 7.11 Å². The van der Waals surface area contributed by atoms with Gasteiger partial charge in [0, 0.05) is 22.6 Å². The highest BCUT2D eigenvalue weighted by Crippen LogP contribution is 2.23. The number of rotatable bonds is 10. The second kappa shape index (κ2) is 11.8. The maximum Gasteiger partial charge on any atom is 0.261 e. The number of carbonyl (C=O) groups is 2. The number of benzene rings is 2. The van der Waals surface area contributed by atoms with Crippen molar-refractivity contribution in [2.75, 3.05) is 13.7 Å². The van der Waals surface area contributed by atoms with Crippen LogP contribution in [0.15, 0.2) is 42.5 Å². The number of nitrogens with zero attached hydrogens (tertiary/aromatic N) is 1. The van der Waals surface area contributed by atoms with Crippen LogP contribution in [0, 0.1) is 0 Å². The Bertz CT molecular complexity index is 890. The smallest absolute Gasteiger partial charge is 0.261 e. The molecule has 0 aliphatic carbocycles. The van der Waals surface area contributed by atoms with E-state index < -0.39 is 6.04 Å². The van der Waals surface area contributed by atoms with Crippen molar-refractivity contribution in [3.8, 4) is 11.5 Å². The Morgan fingerprint density at radius 2 is 1.71 bits per heavy atom. The Balaban J connectivity index is 2.17. The molecule has 2 aromatic carbocycles. The molecule has 0 radical (unpaired) electrons. The summed E-state index contributed by atoms with van der Waals surface area (Å²) in [5.74, 6) is 0.634. The molecule has 0 spiro atoms. The van der Waals surface area contributed by atoms with E-state index in [0.29, 0.717) is 27.1 Å². The number of hydrogen-bond donors (Lipinski definition) is 1. The Morgan fingerprint density at radius 1 is 1.06 bits per heavy atom. The summed E-state index contributed by atoms with van der Waals surface area (Å²) in [5, 5.41) is 3.84. The second-order valence-electron chi connectivity index (χ2n) is 7.22. The lowest BCUT2D eigenvalue weighted by Crippen LogP contribution is -2.50. The van der Waals surface area contributed by atoms with Gasteiger partial charge in [-0.05, 0) is 62.2 Å². The van der Waals surface area contributed by atoms with Crippen LogP contribution < -0.4 is 14.8 Å². The van der Waals surface area contributed by atoms with E-state index >= 15 is 0 Å². The molecule has 0 fully saturated rings. The number of carbonyl (C=O) groups excluding carboxylic acids is 2. The van der Waals surface area contributed by atoms with Crippen LogP contribution in [-0.2, 0) is 16.1 Å². The molecule has 0 aliphatic heterocycles. The fourth-order valence-electron chi connectivity index (χ4n) is 2.78. The normalized spacial score (nSPS) is 12.6. The zero-order valence-electron chi connectivity index (χ0n) is 18.2. The Kier molecular flexibility index (Phi) is 9.46. The van der Waals surface area contributed by atoms with E-state index in [-0.39, 0.29) is 31.0 Å². The predicted octanol–water partition coefficient (Wildman–Crippen LogP) is 4.71. The zero-order chi connectivity index (χ0) is 23.0. The van der Waals surface area contributed by atoms with Crippen LogP contribution in [0.25, 0.3) is 0 Å². The SMILES string of the molecule is CC[C@@H](C)NC(=O)[C@H](C)N(Cc1ccc(Cl)cc1Cl)C(=O)COc1ccc(OC)cc1. The van der Waals surface area contributed by atoms with Gasteiger partial charge in [-0.2, -0.15) is 0 Å². The van der Waals surface area contributed by atoms with E-state index in [2.05, 4.69) is 5.32 Å². The molecule has 31 heavy (non-hydrogen) atoms. The minimum Gasteiger partial charge on any atom is -0.497 e. The van der Waals surface area contributed by atoms with E-state index in [1.807, 2.05) is 13.8 Å². The number of halogens is 2. The third-order valence-corrected chi connectivity index (χ3v) is 5.53. The van der Waals surface area contributed by atoms with Gasteiger partial charge < -0.3 is 19.7 Å². The molecule has 168 valence electrons. The van der Waals surface area contributed by atoms with Crippen LogP contribution in [0.3, 0.4) is 0 Å². The standard InChI is InChI=1S/C23H28Cl2N2O4/c1-5-15(2)26-23(29)16(3)27(13-17-6-7-18(24)12-21(17)25)22(28)14-31-20-10-8-19(30-4)9-11-20/h6-12,15-16H,5,13-14H2,1-4H3,(H,26,29)/t15-,16+/m1/s1. The van der Waals surface area contributed by atoms with Crippen molar-refractivity contribution >= 4 is 35.0 Å². The highest BCUT2D eigenvalue weighted by molar-refractivity contribution is 6.35. The monoisotopic (exact) mass is 466 g/mol. The number of methoxy groups -OCH3 is 1. The molecule has 0 saturated carbocycles. The molecule has 0 heterocycles. The van der Waals surface area contributed by atoms with Gasteiger partial charge in [-0.25, -0.2) is 0 Å². The van der Waals surface area contributed by atoms with Crippen molar-refractivity contribution < 1.29 is 19.1 Å². The average Bonchev–Trinajstić information content (AvgIpc) is 2.76. The summed E-state index contributed by atoms with van der Waals surface area (Å²) in [6.07, 6.45) is 0.788. The maximum absolute atomic E-state index is 13.1. The summed E-state index contributed by atoms with van der Waals surface area (Å²) < 4.78 is 10.8. The first-order valence-corrected chi connectivity index (χ1v) is 10.8. The first kappa shape index (κ1) is 24.8. The number of nitrogens with one attached hydrogen (secondary N) is 1. The minimum atomic E-state index is -0.715. The molecule has 0 saturated heterocycles. The van der Waals surface area contributed by atoms with Gasteiger partial charge in [-0.3, -0.25) is 9.59 Å². The Morgan fingerprint density at radius 3 is 2.29 bits per heavy atom. The third-order valence-electron chi connectivity index (χ3n) is 4.95. The molecule has 6 nitrogen and oxygen atoms in total. The quantitative estimate of drug-likeness (QED) is 0.550. The van der Waals surface area contributed by atoms with E-state index in [9.17, 15) is 9.59 Å². The van der Waals surface area contributed by atoms with Crippen molar-refractivity contribution in [1.29, 1.82) is 0 Å². The van der Waals surface area contributed by atoms with E-state index in [1.54, 1.807) is 56.5 Å². The van der Waals surface area contributed by atoms with E-state index in [0.717, 1.165) is 6.42 Å². The van der Waals surface area contributed by atoms with Crippen LogP contribution in [0.1, 0.15) is 32.8 Å². The fourth-order valence-corrected chi connectivity index (χ4v) is 3.25. The van der Waals surface area contributed by atoms with Gasteiger partial charge in [-0.1, -0.05) is 36.2 Å². The summed E-state index contributed by atoms with van der Waals surface area (Å²) in [7, 11) is 1.57. The van der Waals surface area contributed by atoms with Gasteiger partial charge in [0.15, 0.2) is 6.61 Å². The number of amides is 2. The summed E-state index contributed by atoms with van der Waals surface area (Å²) in [6, 6.07) is 11.3. The molecular formula is C23H28Cl2N2O4. The molecule has 0 aliphatic rings. The van der Waals surface area contributed by atoms with E-state index in [1.165, 1.54) is 4.90 Å². The molecular weight excluding hydrogens is 439 g/mol. The molecule has 2 amide bonds. The molecule has 2 atom stereocenters. The summed E-state index contributed by atoms with van der Waals surface area (Å²) in [6.45, 7) is 5.51. The Labute approximate surface area is 193 Å². The first-order valence-electron chi connectivity index (χ1n) is 10.1. The molecule has 0 aromatic heterocycles. The topological polar surface area (TPSA) is 67.9 Å². The molecule has 2 aromatic rings. The van der Waals surface area contributed by atoms with E-state index in [4.69, 9.17) is 32.7 Å². The maximum atomic E-state index is 13.1. The molecule has 1 N–H and O–H groups in total. The second-order valence-corrected chi connectivity index (χ2v) is 8.06. The van der Waals surface area contributed by atoms with Gasteiger partial charge >= 0.3 is 0 Å². The minimum absolute atomic E-state index is 0.00145. The van der Waals surface area contributed by atoms with Crippen LogP contribution >= 0.6 is 23.2 Å². The van der Waals surface area contributed by atoms with Crippen molar-refractivity contribution in [3.05, 3.63) is 58.1 Å². The number of hydrogen-bond acceptors (Lipinski definition) is 4. The fraction of sp³-hybridized carbons (Fsp3) is 0.391. The van der Waals surface area contributed by atoms with Crippen LogP contribution in [-0.4, -0.2) is 42.5 Å². The van der Waals surface area contributed by atoms with Crippen LogP contribution in [0.2, 0.25) is 10.0 Å². The zero-order valence-corrected chi connectivity index (χ0v) is 19.7. The van der Waals surface area contributed by atoms with Crippen molar-refractivity contribution in [1.82, 2.24) is 10.2 Å². The highest BCUT2D eigenvalue weighted by Gasteiger charge is 2.27. The van der Waals surface area contributed by atoms with Gasteiger partial charge in [0.25, 0.3) is 5.91 Å². The first-order chi connectivity index (χ1) is 14.7. The van der Waals surface area contributed by atoms with Crippen molar-refractivity contribution in [2.24, 2.45) is 0 Å². The number of ether oxygens (including phenoxy) is 2. The third kappa shape index (κ3) is 7.33. The van der Waals surface area contributed by atoms with Crippen LogP contribution in [0.4, 0.5) is 0 Å². The largest absolute Gasteiger partial charge is 0.497 e. The molecule has 2 rings (SSSR count). The van der Waals surface area contributed by atoms with Gasteiger partial charge in [0.1, 0.15) is 17.5 Å². The predicted molar refractivity (Wildman–Crippen MR) is 123 cm³/mol. The summed E-state index contributed by atoms with van der Waals surface area (Å²) >= 11 is 12.3. The van der Waals surface area contributed by atoms with Gasteiger partial charge in [0.2, 0.25) is 5.91 Å². The molecule has 0 unspecified atom stereocenters. The lowest BCUT2D eigenvalue weighted by molar-refractivity contribution is -0.142. The summed E-state index contributed by atoms with van der Waals surface area (Å²) in [4.78, 5) is 27.2. The lowest BCUT2D eigenvalue weighted by Gasteiger charge is -2.30. The van der Waals surface area contributed by atoms with Gasteiger partial charge in [-0.15, -0.1) is 0 Å². The van der Waals surface area contributed by atoms with Crippen molar-refractivity contribution in [3.63, 3.8) is 0 Å². The van der Waals surface area contributed by atoms with Crippen LogP contribution in [0.5, 0.6) is 11.5 Å². The Hall–Kier alpha value is -2.44. The average molecular weight is 467 g/mol. The summed E-state index contributed by atoms with van der Waals surface area (Å²) in [5.41, 5.74) is 0.687.